The summed E-state index contributed by atoms with van der Waals surface area (Å²) in [6.45, 7) is 3.62. The third kappa shape index (κ3) is 5.03. The predicted octanol–water partition coefficient (Wildman–Crippen LogP) is 0.836. The van der Waals surface area contributed by atoms with Crippen LogP contribution in [0, 0.1) is 19.3 Å². The minimum atomic E-state index is -0.441. The number of carbonyl (C=O) groups excluding carboxylic acids is 3. The minimum Gasteiger partial charge on any atom is -0.388 e. The fraction of sp³-hybridized carbons (Fsp3) is 0.250. The zero-order chi connectivity index (χ0) is 24.3. The van der Waals surface area contributed by atoms with Crippen LogP contribution in [0.2, 0.25) is 0 Å². The number of H-pyrrole nitrogens is 2. The lowest BCUT2D eigenvalue weighted by Crippen LogP contribution is -2.28. The van der Waals surface area contributed by atoms with E-state index in [1.54, 1.807) is 20.9 Å². The second kappa shape index (κ2) is 9.30. The molecule has 0 fully saturated rings. The van der Waals surface area contributed by atoms with E-state index in [4.69, 9.17) is 16.9 Å². The maximum absolute atomic E-state index is 12.8. The van der Waals surface area contributed by atoms with Gasteiger partial charge in [0.2, 0.25) is 0 Å². The van der Waals surface area contributed by atoms with Crippen LogP contribution in [-0.4, -0.2) is 49.9 Å². The number of amidine groups is 1. The van der Waals surface area contributed by atoms with Crippen LogP contribution < -0.4 is 27.4 Å². The molecule has 174 valence electrons. The Morgan fingerprint density at radius 3 is 2.09 bits per heavy atom. The molecule has 0 aromatic carbocycles. The number of aryl methyl sites for hydroxylation is 1. The van der Waals surface area contributed by atoms with E-state index < -0.39 is 11.8 Å². The van der Waals surface area contributed by atoms with E-state index in [0.29, 0.717) is 28.2 Å². The van der Waals surface area contributed by atoms with E-state index in [2.05, 4.69) is 31.0 Å². The van der Waals surface area contributed by atoms with Crippen LogP contribution in [-0.2, 0) is 7.05 Å². The highest BCUT2D eigenvalue weighted by atomic mass is 16.2. The molecule has 3 heterocycles. The van der Waals surface area contributed by atoms with Gasteiger partial charge in [0.1, 0.15) is 22.9 Å². The summed E-state index contributed by atoms with van der Waals surface area (Å²) in [4.78, 5) is 43.3. The van der Waals surface area contributed by atoms with E-state index >= 15 is 0 Å². The van der Waals surface area contributed by atoms with Gasteiger partial charge in [0.25, 0.3) is 17.7 Å². The van der Waals surface area contributed by atoms with Crippen molar-refractivity contribution in [1.29, 1.82) is 5.41 Å². The van der Waals surface area contributed by atoms with E-state index in [-0.39, 0.29) is 41.9 Å². The van der Waals surface area contributed by atoms with Gasteiger partial charge in [-0.25, -0.2) is 0 Å². The standard InChI is InChI=1S/C20H26N10O3/c1-9-12(8-25-16(9)19(32)24-5-4-14(21)22)28-20(33)17-10(2)11(7-26-17)27-18(31)13-6-15(23)29-30(13)3/h6-8,25-26H,4-5H2,1-3H3,(H3,21,22)(H2,23,29)(H,24,32)(H,27,31)(H,28,33). The normalized spacial score (nSPS) is 10.6. The summed E-state index contributed by atoms with van der Waals surface area (Å²) in [6.07, 6.45) is 3.27. The molecular formula is C20H26N10O3. The lowest BCUT2D eigenvalue weighted by molar-refractivity contribution is 0.0947. The van der Waals surface area contributed by atoms with Gasteiger partial charge in [-0.1, -0.05) is 0 Å². The van der Waals surface area contributed by atoms with Crippen molar-refractivity contribution in [2.45, 2.75) is 20.3 Å². The maximum atomic E-state index is 12.8. The van der Waals surface area contributed by atoms with Crippen molar-refractivity contribution in [2.75, 3.05) is 22.9 Å². The van der Waals surface area contributed by atoms with Crippen molar-refractivity contribution in [1.82, 2.24) is 25.1 Å². The Morgan fingerprint density at radius 1 is 1.03 bits per heavy atom. The average Bonchev–Trinajstić information content (AvgIpc) is 3.39. The monoisotopic (exact) mass is 454 g/mol. The number of nitrogens with two attached hydrogens (primary N) is 2. The van der Waals surface area contributed by atoms with E-state index in [1.165, 1.54) is 23.1 Å². The SMILES string of the molecule is Cc1c(NC(=O)c2[nH]cc(NC(=O)c3cc(N)nn3C)c2C)c[nH]c1C(=O)NCCC(=N)N. The molecule has 33 heavy (non-hydrogen) atoms. The van der Waals surface area contributed by atoms with Crippen molar-refractivity contribution >= 4 is 40.7 Å². The largest absolute Gasteiger partial charge is 0.388 e. The molecule has 0 unspecified atom stereocenters. The molecule has 0 aliphatic heterocycles. The van der Waals surface area contributed by atoms with Gasteiger partial charge in [0.15, 0.2) is 0 Å². The smallest absolute Gasteiger partial charge is 0.274 e. The highest BCUT2D eigenvalue weighted by Gasteiger charge is 2.20. The lowest BCUT2D eigenvalue weighted by Gasteiger charge is -2.07. The first-order valence-corrected chi connectivity index (χ1v) is 9.97. The molecule has 0 aliphatic rings. The molecule has 13 nitrogen and oxygen atoms in total. The quantitative estimate of drug-likeness (QED) is 0.182. The van der Waals surface area contributed by atoms with E-state index in [0.717, 1.165) is 0 Å². The van der Waals surface area contributed by atoms with Gasteiger partial charge in [0, 0.05) is 49.6 Å². The highest BCUT2D eigenvalue weighted by Crippen LogP contribution is 2.23. The first-order chi connectivity index (χ1) is 15.6. The molecule has 3 aromatic heterocycles. The Hall–Kier alpha value is -4.55. The van der Waals surface area contributed by atoms with Crippen LogP contribution in [0.15, 0.2) is 18.5 Å². The summed E-state index contributed by atoms with van der Waals surface area (Å²) >= 11 is 0. The number of hydrogen-bond donors (Lipinski definition) is 8. The molecule has 0 spiro atoms. The zero-order valence-corrected chi connectivity index (χ0v) is 18.4. The Kier molecular flexibility index (Phi) is 6.51. The molecule has 0 bridgehead atoms. The van der Waals surface area contributed by atoms with Crippen LogP contribution in [0.4, 0.5) is 17.2 Å². The molecular weight excluding hydrogens is 428 g/mol. The molecule has 0 saturated carbocycles. The number of amides is 3. The number of hydrogen-bond acceptors (Lipinski definition) is 6. The summed E-state index contributed by atoms with van der Waals surface area (Å²) in [7, 11) is 1.60. The Labute approximate surface area is 188 Å². The van der Waals surface area contributed by atoms with Gasteiger partial charge in [-0.2, -0.15) is 5.10 Å². The third-order valence-corrected chi connectivity index (χ3v) is 5.04. The van der Waals surface area contributed by atoms with Gasteiger partial charge in [-0.05, 0) is 13.8 Å². The van der Waals surface area contributed by atoms with Crippen LogP contribution in [0.3, 0.4) is 0 Å². The molecule has 0 saturated heterocycles. The summed E-state index contributed by atoms with van der Waals surface area (Å²) < 4.78 is 1.36. The Bertz CT molecular complexity index is 1230. The number of carbonyl (C=O) groups is 3. The summed E-state index contributed by atoms with van der Waals surface area (Å²) in [5.74, 6) is -1.03. The van der Waals surface area contributed by atoms with Crippen LogP contribution in [0.25, 0.3) is 0 Å². The van der Waals surface area contributed by atoms with Gasteiger partial charge in [0.05, 0.1) is 17.2 Å². The number of nitrogens with zero attached hydrogens (tertiary/aromatic N) is 2. The van der Waals surface area contributed by atoms with Crippen molar-refractivity contribution in [2.24, 2.45) is 12.8 Å². The minimum absolute atomic E-state index is 0.0206. The second-order valence-electron chi connectivity index (χ2n) is 7.42. The van der Waals surface area contributed by atoms with Crippen molar-refractivity contribution in [3.63, 3.8) is 0 Å². The molecule has 3 amide bonds. The molecule has 3 rings (SSSR count). The fourth-order valence-electron chi connectivity index (χ4n) is 3.19. The number of aromatic amines is 2. The number of nitrogen functional groups attached to an aromatic ring is 1. The van der Waals surface area contributed by atoms with Crippen LogP contribution in [0.5, 0.6) is 0 Å². The van der Waals surface area contributed by atoms with Crippen molar-refractivity contribution < 1.29 is 14.4 Å². The number of aromatic nitrogens is 4. The van der Waals surface area contributed by atoms with Crippen LogP contribution >= 0.6 is 0 Å². The highest BCUT2D eigenvalue weighted by molar-refractivity contribution is 6.08. The average molecular weight is 454 g/mol. The molecule has 13 heteroatoms. The van der Waals surface area contributed by atoms with Crippen molar-refractivity contribution in [3.05, 3.63) is 46.7 Å². The molecule has 0 atom stereocenters. The van der Waals surface area contributed by atoms with Gasteiger partial charge < -0.3 is 37.4 Å². The Morgan fingerprint density at radius 2 is 1.58 bits per heavy atom. The van der Waals surface area contributed by atoms with Gasteiger partial charge in [-0.3, -0.25) is 24.5 Å². The molecule has 0 radical (unpaired) electrons. The first-order valence-electron chi connectivity index (χ1n) is 9.97. The number of anilines is 3. The zero-order valence-electron chi connectivity index (χ0n) is 18.4. The number of nitrogens with one attached hydrogen (secondary N) is 6. The van der Waals surface area contributed by atoms with E-state index in [9.17, 15) is 14.4 Å². The van der Waals surface area contributed by atoms with Gasteiger partial charge in [-0.15, -0.1) is 0 Å². The first kappa shape index (κ1) is 23.1. The van der Waals surface area contributed by atoms with E-state index in [1.807, 2.05) is 0 Å². The fourth-order valence-corrected chi connectivity index (χ4v) is 3.19. The number of rotatable bonds is 8. The van der Waals surface area contributed by atoms with Crippen LogP contribution in [0.1, 0.15) is 49.0 Å². The summed E-state index contributed by atoms with van der Waals surface area (Å²) in [5.41, 5.74) is 13.7. The molecule has 3 aromatic rings. The maximum Gasteiger partial charge on any atom is 0.274 e. The lowest BCUT2D eigenvalue weighted by atomic mass is 10.2. The Balaban J connectivity index is 1.68. The molecule has 10 N–H and O–H groups in total. The summed E-state index contributed by atoms with van der Waals surface area (Å²) in [5, 5.41) is 19.3. The summed E-state index contributed by atoms with van der Waals surface area (Å²) in [6, 6.07) is 1.45. The molecule has 0 aliphatic carbocycles. The predicted molar refractivity (Wildman–Crippen MR) is 123 cm³/mol. The topological polar surface area (TPSA) is 213 Å². The second-order valence-corrected chi connectivity index (χ2v) is 7.42. The third-order valence-electron chi connectivity index (χ3n) is 5.04. The van der Waals surface area contributed by atoms with Gasteiger partial charge >= 0.3 is 0 Å². The van der Waals surface area contributed by atoms with Crippen molar-refractivity contribution in [3.8, 4) is 0 Å².